The zero-order valence-electron chi connectivity index (χ0n) is 16.3. The van der Waals surface area contributed by atoms with Crippen LogP contribution in [0, 0.1) is 0 Å². The summed E-state index contributed by atoms with van der Waals surface area (Å²) in [7, 11) is 0. The van der Waals surface area contributed by atoms with E-state index >= 15 is 0 Å². The molecular weight excluding hydrogens is 412 g/mol. The lowest BCUT2D eigenvalue weighted by atomic mass is 9.96. The Kier molecular flexibility index (Phi) is 5.82. The third kappa shape index (κ3) is 4.08. The summed E-state index contributed by atoms with van der Waals surface area (Å²) in [5, 5.41) is 69.4. The van der Waals surface area contributed by atoms with Crippen molar-refractivity contribution in [1.29, 1.82) is 0 Å². The summed E-state index contributed by atoms with van der Waals surface area (Å²) in [6, 6.07) is 7.54. The van der Waals surface area contributed by atoms with Crippen molar-refractivity contribution in [2.75, 3.05) is 6.61 Å². The highest BCUT2D eigenvalue weighted by Crippen LogP contribution is 2.43. The molecule has 0 saturated carbocycles. The maximum absolute atomic E-state index is 10.2. The van der Waals surface area contributed by atoms with Gasteiger partial charge in [-0.3, -0.25) is 0 Å². The fourth-order valence-electron chi connectivity index (χ4n) is 3.77. The van der Waals surface area contributed by atoms with Crippen molar-refractivity contribution in [3.05, 3.63) is 41.5 Å². The Bertz CT molecular complexity index is 946. The maximum Gasteiger partial charge on any atom is 0.229 e. The number of hydrogen-bond donors (Lipinski definition) is 7. The molecule has 2 aromatic rings. The highest BCUT2D eigenvalue weighted by Gasteiger charge is 2.45. The summed E-state index contributed by atoms with van der Waals surface area (Å²) in [5.41, 5.74) is 1.39. The predicted molar refractivity (Wildman–Crippen MR) is 104 cm³/mol. The van der Waals surface area contributed by atoms with Crippen molar-refractivity contribution in [2.45, 2.75) is 49.7 Å². The smallest absolute Gasteiger partial charge is 0.229 e. The topological polar surface area (TPSA) is 169 Å². The molecule has 1 fully saturated rings. The molecule has 0 amide bonds. The summed E-state index contributed by atoms with van der Waals surface area (Å²) in [5.74, 6) is -0.804. The number of aliphatic hydroxyl groups is 4. The van der Waals surface area contributed by atoms with E-state index in [0.29, 0.717) is 24.2 Å². The first kappa shape index (κ1) is 21.5. The van der Waals surface area contributed by atoms with Crippen LogP contribution >= 0.6 is 0 Å². The molecule has 0 bridgehead atoms. The summed E-state index contributed by atoms with van der Waals surface area (Å²) in [6.07, 6.45) is -6.90. The summed E-state index contributed by atoms with van der Waals surface area (Å²) in [6.45, 7) is -0.635. The lowest BCUT2D eigenvalue weighted by Crippen LogP contribution is -2.60. The Morgan fingerprint density at radius 3 is 2.48 bits per heavy atom. The minimum Gasteiger partial charge on any atom is -0.508 e. The van der Waals surface area contributed by atoms with Gasteiger partial charge in [0.1, 0.15) is 42.0 Å². The molecule has 10 heteroatoms. The predicted octanol–water partition coefficient (Wildman–Crippen LogP) is 0.0484. The molecule has 2 aromatic carbocycles. The van der Waals surface area contributed by atoms with Gasteiger partial charge in [-0.05, 0) is 42.2 Å². The molecule has 2 aliphatic heterocycles. The van der Waals surface area contributed by atoms with Crippen molar-refractivity contribution >= 4 is 0 Å². The molecule has 10 nitrogen and oxygen atoms in total. The normalized spacial score (nSPS) is 30.3. The molecule has 168 valence electrons. The van der Waals surface area contributed by atoms with Crippen LogP contribution in [0.1, 0.15) is 23.7 Å². The van der Waals surface area contributed by atoms with Crippen LogP contribution in [0.15, 0.2) is 30.3 Å². The minimum absolute atomic E-state index is 0.0552. The number of ether oxygens (including phenoxy) is 3. The molecule has 0 radical (unpaired) electrons. The van der Waals surface area contributed by atoms with Gasteiger partial charge in [-0.1, -0.05) is 6.07 Å². The first-order chi connectivity index (χ1) is 14.8. The van der Waals surface area contributed by atoms with Gasteiger partial charge in [0.25, 0.3) is 0 Å². The Balaban J connectivity index is 1.59. The van der Waals surface area contributed by atoms with Crippen molar-refractivity contribution in [3.8, 4) is 28.7 Å². The molecule has 4 rings (SSSR count). The van der Waals surface area contributed by atoms with Crippen LogP contribution in [0.2, 0.25) is 0 Å². The van der Waals surface area contributed by atoms with Crippen LogP contribution in [0.4, 0.5) is 0 Å². The second kappa shape index (κ2) is 8.40. The quantitative estimate of drug-likeness (QED) is 0.325. The monoisotopic (exact) mass is 436 g/mol. The SMILES string of the molecule is OC[C@H]1OC(Oc2cc(C3CCc4ccc(O)cc4O3)cc(O)c2O)[C@H](O)[C@@H](O)[C@@H]1O. The number of phenolic OH excluding ortho intramolecular Hbond substituents is 3. The molecule has 2 aliphatic rings. The van der Waals surface area contributed by atoms with E-state index in [1.807, 2.05) is 0 Å². The van der Waals surface area contributed by atoms with Gasteiger partial charge in [-0.2, -0.15) is 0 Å². The van der Waals surface area contributed by atoms with Gasteiger partial charge < -0.3 is 50.0 Å². The summed E-state index contributed by atoms with van der Waals surface area (Å²) < 4.78 is 16.7. The molecule has 31 heavy (non-hydrogen) atoms. The second-order valence-corrected chi connectivity index (χ2v) is 7.64. The lowest BCUT2D eigenvalue weighted by Gasteiger charge is -2.39. The van der Waals surface area contributed by atoms with E-state index in [0.717, 1.165) is 5.56 Å². The van der Waals surface area contributed by atoms with Gasteiger partial charge in [-0.15, -0.1) is 0 Å². The van der Waals surface area contributed by atoms with Crippen molar-refractivity contribution in [2.24, 2.45) is 0 Å². The Labute approximate surface area is 177 Å². The number of hydrogen-bond acceptors (Lipinski definition) is 10. The third-order valence-corrected chi connectivity index (χ3v) is 5.54. The molecule has 7 N–H and O–H groups in total. The number of fused-ring (bicyclic) bond motifs is 1. The van der Waals surface area contributed by atoms with E-state index in [9.17, 15) is 35.7 Å². The Morgan fingerprint density at radius 2 is 1.74 bits per heavy atom. The second-order valence-electron chi connectivity index (χ2n) is 7.64. The summed E-state index contributed by atoms with van der Waals surface area (Å²) >= 11 is 0. The number of aryl methyl sites for hydroxylation is 1. The Hall–Kier alpha value is -2.76. The number of rotatable bonds is 4. The van der Waals surface area contributed by atoms with E-state index in [-0.39, 0.29) is 11.5 Å². The standard InChI is InChI=1S/C21H24O10/c22-8-16-18(26)19(27)20(28)21(31-16)30-15-6-10(5-12(24)17(15)25)13-4-2-9-1-3-11(23)7-14(9)29-13/h1,3,5-7,13,16,18-28H,2,4,8H2/t13?,16-,18-,19+,20-,21?/m1/s1. The van der Waals surface area contributed by atoms with Gasteiger partial charge in [0.15, 0.2) is 11.5 Å². The highest BCUT2D eigenvalue weighted by atomic mass is 16.7. The van der Waals surface area contributed by atoms with E-state index in [1.165, 1.54) is 18.2 Å². The zero-order chi connectivity index (χ0) is 22.3. The van der Waals surface area contributed by atoms with E-state index in [1.54, 1.807) is 12.1 Å². The van der Waals surface area contributed by atoms with Crippen molar-refractivity contribution < 1.29 is 50.0 Å². The molecule has 6 atom stereocenters. The van der Waals surface area contributed by atoms with Crippen LogP contribution in [0.3, 0.4) is 0 Å². The number of aromatic hydroxyl groups is 3. The van der Waals surface area contributed by atoms with Gasteiger partial charge in [0, 0.05) is 6.07 Å². The average Bonchev–Trinajstić information content (AvgIpc) is 2.76. The lowest BCUT2D eigenvalue weighted by molar-refractivity contribution is -0.277. The minimum atomic E-state index is -1.68. The summed E-state index contributed by atoms with van der Waals surface area (Å²) in [4.78, 5) is 0. The molecule has 2 heterocycles. The van der Waals surface area contributed by atoms with Crippen molar-refractivity contribution in [3.63, 3.8) is 0 Å². The number of aliphatic hydroxyl groups excluding tert-OH is 4. The first-order valence-corrected chi connectivity index (χ1v) is 9.80. The van der Waals surface area contributed by atoms with Gasteiger partial charge in [0.05, 0.1) is 6.61 Å². The van der Waals surface area contributed by atoms with Gasteiger partial charge in [-0.25, -0.2) is 0 Å². The molecule has 0 aliphatic carbocycles. The molecule has 0 spiro atoms. The van der Waals surface area contributed by atoms with Crippen LogP contribution in [-0.4, -0.2) is 73.1 Å². The molecule has 0 aromatic heterocycles. The largest absolute Gasteiger partial charge is 0.508 e. The van der Waals surface area contributed by atoms with Crippen LogP contribution in [0.25, 0.3) is 0 Å². The fourth-order valence-corrected chi connectivity index (χ4v) is 3.77. The number of benzene rings is 2. The van der Waals surface area contributed by atoms with Crippen LogP contribution in [0.5, 0.6) is 28.7 Å². The van der Waals surface area contributed by atoms with E-state index in [2.05, 4.69) is 0 Å². The molecular formula is C21H24O10. The maximum atomic E-state index is 10.2. The van der Waals surface area contributed by atoms with E-state index in [4.69, 9.17) is 14.2 Å². The van der Waals surface area contributed by atoms with E-state index < -0.39 is 54.9 Å². The third-order valence-electron chi connectivity index (χ3n) is 5.54. The van der Waals surface area contributed by atoms with Gasteiger partial charge in [0.2, 0.25) is 12.0 Å². The highest BCUT2D eigenvalue weighted by molar-refractivity contribution is 5.53. The van der Waals surface area contributed by atoms with Crippen LogP contribution < -0.4 is 9.47 Å². The number of phenols is 3. The average molecular weight is 436 g/mol. The van der Waals surface area contributed by atoms with Crippen molar-refractivity contribution in [1.82, 2.24) is 0 Å². The van der Waals surface area contributed by atoms with Crippen LogP contribution in [-0.2, 0) is 11.2 Å². The Morgan fingerprint density at radius 1 is 0.968 bits per heavy atom. The molecule has 1 saturated heterocycles. The first-order valence-electron chi connectivity index (χ1n) is 9.80. The zero-order valence-corrected chi connectivity index (χ0v) is 16.3. The van der Waals surface area contributed by atoms with Gasteiger partial charge >= 0.3 is 0 Å². The molecule has 2 unspecified atom stereocenters. The fraction of sp³-hybridized carbons (Fsp3) is 0.429.